The van der Waals surface area contributed by atoms with Gasteiger partial charge < -0.3 is 0 Å². The molecule has 0 rings (SSSR count). The van der Waals surface area contributed by atoms with E-state index in [0.717, 1.165) is 54.3 Å². The van der Waals surface area contributed by atoms with Crippen LogP contribution >= 0.6 is 0 Å². The molecule has 0 aliphatic carbocycles. The molecule has 0 spiro atoms. The molecule has 0 amide bonds. The Hall–Kier alpha value is -0.457. The van der Waals surface area contributed by atoms with E-state index in [4.69, 9.17) is 4.74 Å². The number of alkyl halides is 3. The Balaban J connectivity index is 5.96. The fourth-order valence-corrected chi connectivity index (χ4v) is 14.9. The maximum absolute atomic E-state index is 13.1. The zero-order valence-corrected chi connectivity index (χ0v) is 17.7. The minimum absolute atomic E-state index is 0.0136. The van der Waals surface area contributed by atoms with Crippen LogP contribution in [0.2, 0.25) is 15.8 Å². The summed E-state index contributed by atoms with van der Waals surface area (Å²) >= 11 is -3.16. The van der Waals surface area contributed by atoms with Crippen molar-refractivity contribution in [3.63, 3.8) is 0 Å². The van der Waals surface area contributed by atoms with E-state index in [9.17, 15) is 18.0 Å². The molecule has 142 valence electrons. The standard InChI is InChI=1S/C18H33F3GeO2/c1-5-9-12-22(13-10-6-2,14-11-7-3)16(15-18(19,20)21)17(23)24-8-4/h15H,5-14H2,1-4H3/b16-15+. The molecule has 0 atom stereocenters. The molecule has 0 aromatic rings. The summed E-state index contributed by atoms with van der Waals surface area (Å²) < 4.78 is 44.5. The number of halogens is 3. The minimum atomic E-state index is -4.47. The number of carbonyl (C=O) groups is 1. The molecular weight excluding hydrogens is 378 g/mol. The van der Waals surface area contributed by atoms with Crippen LogP contribution in [0, 0.1) is 0 Å². The molecule has 0 aromatic heterocycles. The molecule has 6 heteroatoms. The van der Waals surface area contributed by atoms with Gasteiger partial charge >= 0.3 is 147 Å². The van der Waals surface area contributed by atoms with Gasteiger partial charge in [-0.1, -0.05) is 0 Å². The topological polar surface area (TPSA) is 26.3 Å². The monoisotopic (exact) mass is 412 g/mol. The number of rotatable bonds is 12. The number of hydrogen-bond donors (Lipinski definition) is 0. The number of esters is 1. The van der Waals surface area contributed by atoms with E-state index in [0.29, 0.717) is 0 Å². The van der Waals surface area contributed by atoms with E-state index < -0.39 is 25.4 Å². The van der Waals surface area contributed by atoms with Crippen molar-refractivity contribution in [1.29, 1.82) is 0 Å². The third-order valence-corrected chi connectivity index (χ3v) is 15.8. The summed E-state index contributed by atoms with van der Waals surface area (Å²) in [5.74, 6) is -0.724. The predicted octanol–water partition coefficient (Wildman–Crippen LogP) is 6.43. The predicted molar refractivity (Wildman–Crippen MR) is 95.7 cm³/mol. The van der Waals surface area contributed by atoms with Crippen molar-refractivity contribution in [3.8, 4) is 0 Å². The van der Waals surface area contributed by atoms with Crippen LogP contribution in [0.15, 0.2) is 10.5 Å². The van der Waals surface area contributed by atoms with E-state index in [1.165, 1.54) is 0 Å². The molecule has 2 nitrogen and oxygen atoms in total. The summed E-state index contributed by atoms with van der Waals surface area (Å²) in [6.45, 7) is 7.89. The van der Waals surface area contributed by atoms with Crippen molar-refractivity contribution in [3.05, 3.63) is 10.5 Å². The van der Waals surface area contributed by atoms with Crippen LogP contribution in [0.1, 0.15) is 66.2 Å². The molecule has 0 radical (unpaired) electrons. The number of hydrogen-bond acceptors (Lipinski definition) is 2. The van der Waals surface area contributed by atoms with Gasteiger partial charge in [0.25, 0.3) is 0 Å². The molecule has 0 saturated heterocycles. The fraction of sp³-hybridized carbons (Fsp3) is 0.833. The van der Waals surface area contributed by atoms with Gasteiger partial charge in [0.05, 0.1) is 0 Å². The Labute approximate surface area is 147 Å². The van der Waals surface area contributed by atoms with Crippen LogP contribution in [-0.2, 0) is 9.53 Å². The number of carbonyl (C=O) groups excluding carboxylic acids is 1. The van der Waals surface area contributed by atoms with Gasteiger partial charge in [-0.2, -0.15) is 0 Å². The van der Waals surface area contributed by atoms with Crippen LogP contribution in [0.4, 0.5) is 13.2 Å². The van der Waals surface area contributed by atoms with Crippen molar-refractivity contribution < 1.29 is 22.7 Å². The average Bonchev–Trinajstić information content (AvgIpc) is 2.52. The summed E-state index contributed by atoms with van der Waals surface area (Å²) in [7, 11) is 0. The van der Waals surface area contributed by atoms with Crippen molar-refractivity contribution in [2.24, 2.45) is 0 Å². The summed E-state index contributed by atoms with van der Waals surface area (Å²) in [5, 5.41) is 2.37. The SMILES string of the molecule is CCC[CH2][Ge]([CH2]CCC)([CH2]CCC)/[C](=C/C(F)(F)F)C(=O)OCC. The van der Waals surface area contributed by atoms with Crippen LogP contribution in [0.25, 0.3) is 0 Å². The first-order valence-corrected chi connectivity index (χ1v) is 14.7. The number of allylic oxidation sites excluding steroid dienone is 1. The van der Waals surface area contributed by atoms with Crippen molar-refractivity contribution >= 4 is 19.2 Å². The van der Waals surface area contributed by atoms with Gasteiger partial charge in [0.15, 0.2) is 0 Å². The molecule has 0 aliphatic heterocycles. The average molecular weight is 411 g/mol. The molecular formula is C18H33F3GeO2. The molecule has 0 aliphatic rings. The second-order valence-corrected chi connectivity index (χ2v) is 16.1. The first kappa shape index (κ1) is 23.5. The normalized spacial score (nSPS) is 13.2. The Bertz CT molecular complexity index is 370. The first-order valence-electron chi connectivity index (χ1n) is 9.23. The summed E-state index contributed by atoms with van der Waals surface area (Å²) in [5.41, 5.74) is 0. The second kappa shape index (κ2) is 12.0. The first-order chi connectivity index (χ1) is 11.3. The molecule has 0 N–H and O–H groups in total. The Morgan fingerprint density at radius 1 is 0.917 bits per heavy atom. The van der Waals surface area contributed by atoms with Gasteiger partial charge in [0, 0.05) is 0 Å². The fourth-order valence-electron chi connectivity index (χ4n) is 3.13. The summed E-state index contributed by atoms with van der Waals surface area (Å²) in [6, 6.07) is 0. The third-order valence-electron chi connectivity index (χ3n) is 4.40. The van der Waals surface area contributed by atoms with E-state index in [2.05, 4.69) is 0 Å². The van der Waals surface area contributed by atoms with Crippen LogP contribution in [0.3, 0.4) is 0 Å². The van der Waals surface area contributed by atoms with Gasteiger partial charge in [-0.3, -0.25) is 0 Å². The summed E-state index contributed by atoms with van der Waals surface area (Å²) in [4.78, 5) is 12.4. The Kier molecular flexibility index (Phi) is 11.8. The Morgan fingerprint density at radius 3 is 1.62 bits per heavy atom. The molecule has 0 aromatic carbocycles. The number of unbranched alkanes of at least 4 members (excludes halogenated alkanes) is 3. The van der Waals surface area contributed by atoms with Gasteiger partial charge in [0.1, 0.15) is 0 Å². The van der Waals surface area contributed by atoms with Crippen molar-refractivity contribution in [2.75, 3.05) is 6.61 Å². The molecule has 0 fully saturated rings. The third kappa shape index (κ3) is 8.58. The second-order valence-electron chi connectivity index (χ2n) is 6.41. The van der Waals surface area contributed by atoms with Crippen LogP contribution < -0.4 is 0 Å². The van der Waals surface area contributed by atoms with E-state index in [1.54, 1.807) is 6.92 Å². The van der Waals surface area contributed by atoms with Crippen molar-refractivity contribution in [2.45, 2.75) is 88.2 Å². The summed E-state index contributed by atoms with van der Waals surface area (Å²) in [6.07, 6.45) is 1.30. The molecule has 0 saturated carbocycles. The van der Waals surface area contributed by atoms with Gasteiger partial charge in [-0.05, 0) is 0 Å². The maximum atomic E-state index is 13.1. The van der Waals surface area contributed by atoms with E-state index >= 15 is 0 Å². The van der Waals surface area contributed by atoms with Crippen LogP contribution in [-0.4, -0.2) is 32.0 Å². The van der Waals surface area contributed by atoms with Crippen molar-refractivity contribution in [1.82, 2.24) is 0 Å². The van der Waals surface area contributed by atoms with Gasteiger partial charge in [-0.25, -0.2) is 0 Å². The molecule has 0 unspecified atom stereocenters. The van der Waals surface area contributed by atoms with Gasteiger partial charge in [-0.15, -0.1) is 0 Å². The molecule has 0 heterocycles. The molecule has 24 heavy (non-hydrogen) atoms. The Morgan fingerprint density at radius 2 is 1.33 bits per heavy atom. The van der Waals surface area contributed by atoms with Crippen LogP contribution in [0.5, 0.6) is 0 Å². The van der Waals surface area contributed by atoms with E-state index in [1.807, 2.05) is 20.8 Å². The number of ether oxygens (including phenoxy) is 1. The zero-order valence-electron chi connectivity index (χ0n) is 15.6. The molecule has 0 bridgehead atoms. The quantitative estimate of drug-likeness (QED) is 0.210. The zero-order chi connectivity index (χ0) is 18.6. The van der Waals surface area contributed by atoms with Gasteiger partial charge in [0.2, 0.25) is 0 Å². The van der Waals surface area contributed by atoms with E-state index in [-0.39, 0.29) is 17.1 Å².